The lowest BCUT2D eigenvalue weighted by Gasteiger charge is -2.17. The summed E-state index contributed by atoms with van der Waals surface area (Å²) >= 11 is 1.55. The summed E-state index contributed by atoms with van der Waals surface area (Å²) in [6.45, 7) is -0.252. The Balaban J connectivity index is 1.87. The monoisotopic (exact) mass is 418 g/mol. The molecule has 2 aromatic carbocycles. The minimum absolute atomic E-state index is 0.0383. The van der Waals surface area contributed by atoms with Crippen molar-refractivity contribution < 1.29 is 24.0 Å². The molecule has 0 fully saturated rings. The van der Waals surface area contributed by atoms with Crippen LogP contribution in [0.15, 0.2) is 54.6 Å². The number of nitro groups is 1. The molecule has 0 aliphatic heterocycles. The molecule has 2 rings (SSSR count). The number of rotatable bonds is 11. The van der Waals surface area contributed by atoms with Gasteiger partial charge in [0.2, 0.25) is 0 Å². The van der Waals surface area contributed by atoms with Gasteiger partial charge in [-0.25, -0.2) is 4.79 Å². The summed E-state index contributed by atoms with van der Waals surface area (Å²) in [6, 6.07) is 13.8. The van der Waals surface area contributed by atoms with Gasteiger partial charge in [-0.15, -0.1) is 0 Å². The number of nitrogens with zero attached hydrogens (tertiary/aromatic N) is 1. The molecule has 0 radical (unpaired) electrons. The van der Waals surface area contributed by atoms with Gasteiger partial charge in [0.25, 0.3) is 11.6 Å². The van der Waals surface area contributed by atoms with Crippen molar-refractivity contribution in [1.29, 1.82) is 0 Å². The molecule has 154 valence electrons. The average molecular weight is 418 g/mol. The third-order valence-electron chi connectivity index (χ3n) is 3.87. The van der Waals surface area contributed by atoms with E-state index in [9.17, 15) is 19.7 Å². The molecule has 9 heteroatoms. The minimum atomic E-state index is -0.799. The fourth-order valence-electron chi connectivity index (χ4n) is 2.36. The molecular weight excluding hydrogens is 396 g/mol. The van der Waals surface area contributed by atoms with Crippen LogP contribution in [0.1, 0.15) is 12.0 Å². The first kappa shape index (κ1) is 22.2. The summed E-state index contributed by atoms with van der Waals surface area (Å²) in [7, 11) is 0. The first-order valence-corrected chi connectivity index (χ1v) is 10.2. The van der Waals surface area contributed by atoms with Crippen LogP contribution in [0.3, 0.4) is 0 Å². The number of thioether (sulfide) groups is 1. The van der Waals surface area contributed by atoms with Crippen LogP contribution in [0.5, 0.6) is 5.75 Å². The van der Waals surface area contributed by atoms with E-state index >= 15 is 0 Å². The highest BCUT2D eigenvalue weighted by Gasteiger charge is 2.22. The van der Waals surface area contributed by atoms with Crippen LogP contribution in [-0.4, -0.2) is 41.5 Å². The van der Waals surface area contributed by atoms with Gasteiger partial charge in [-0.3, -0.25) is 14.9 Å². The average Bonchev–Trinajstić information content (AvgIpc) is 2.74. The number of hydrogen-bond acceptors (Lipinski definition) is 7. The SMILES string of the molecule is CSCC[C@@H](NC(=O)COc1ccccc1)C(=O)OCc1ccc([N+](=O)[O-])cc1. The van der Waals surface area contributed by atoms with Crippen LogP contribution in [0.2, 0.25) is 0 Å². The first-order valence-electron chi connectivity index (χ1n) is 8.85. The lowest BCUT2D eigenvalue weighted by Crippen LogP contribution is -2.44. The molecule has 8 nitrogen and oxygen atoms in total. The molecule has 0 heterocycles. The molecule has 0 saturated carbocycles. The third kappa shape index (κ3) is 7.82. The van der Waals surface area contributed by atoms with Crippen LogP contribution in [0.25, 0.3) is 0 Å². The smallest absolute Gasteiger partial charge is 0.329 e. The van der Waals surface area contributed by atoms with Crippen molar-refractivity contribution in [3.8, 4) is 5.75 Å². The second-order valence-electron chi connectivity index (χ2n) is 6.03. The molecular formula is C20H22N2O6S. The number of para-hydroxylation sites is 1. The molecule has 0 unspecified atom stereocenters. The van der Waals surface area contributed by atoms with Crippen LogP contribution >= 0.6 is 11.8 Å². The number of amides is 1. The Hall–Kier alpha value is -3.07. The van der Waals surface area contributed by atoms with Crippen LogP contribution < -0.4 is 10.1 Å². The maximum absolute atomic E-state index is 12.4. The largest absolute Gasteiger partial charge is 0.484 e. The molecule has 0 aromatic heterocycles. The standard InChI is InChI=1S/C20H22N2O6S/c1-29-12-11-18(21-19(23)14-27-17-5-3-2-4-6-17)20(24)28-13-15-7-9-16(10-8-15)22(25)26/h2-10,18H,11-14H2,1H3,(H,21,23)/t18-/m1/s1. The lowest BCUT2D eigenvalue weighted by atomic mass is 10.2. The Kier molecular flexibility index (Phi) is 8.97. The van der Waals surface area contributed by atoms with Gasteiger partial charge < -0.3 is 14.8 Å². The first-order chi connectivity index (χ1) is 14.0. The fourth-order valence-corrected chi connectivity index (χ4v) is 2.83. The van der Waals surface area contributed by atoms with Crippen LogP contribution in [-0.2, 0) is 20.9 Å². The van der Waals surface area contributed by atoms with Crippen molar-refractivity contribution in [3.63, 3.8) is 0 Å². The van der Waals surface area contributed by atoms with Gasteiger partial charge in [0.05, 0.1) is 4.92 Å². The van der Waals surface area contributed by atoms with E-state index in [1.54, 1.807) is 36.0 Å². The molecule has 0 aliphatic carbocycles. The number of carbonyl (C=O) groups is 2. The zero-order chi connectivity index (χ0) is 21.1. The molecule has 0 spiro atoms. The molecule has 0 aliphatic rings. The maximum atomic E-state index is 12.4. The Bertz CT molecular complexity index is 813. The van der Waals surface area contributed by atoms with Gasteiger partial charge in [0.1, 0.15) is 18.4 Å². The van der Waals surface area contributed by atoms with Gasteiger partial charge >= 0.3 is 5.97 Å². The summed E-state index contributed by atoms with van der Waals surface area (Å²) in [5.41, 5.74) is 0.579. The fraction of sp³-hybridized carbons (Fsp3) is 0.300. The lowest BCUT2D eigenvalue weighted by molar-refractivity contribution is -0.384. The Morgan fingerprint density at radius 1 is 1.14 bits per heavy atom. The predicted octanol–water partition coefficient (Wildman–Crippen LogP) is 2.95. The zero-order valence-electron chi connectivity index (χ0n) is 15.9. The highest BCUT2D eigenvalue weighted by Crippen LogP contribution is 2.13. The molecule has 29 heavy (non-hydrogen) atoms. The molecule has 1 amide bonds. The van der Waals surface area contributed by atoms with Gasteiger partial charge in [-0.05, 0) is 48.3 Å². The second kappa shape index (κ2) is 11.7. The number of nitrogens with one attached hydrogen (secondary N) is 1. The van der Waals surface area contributed by atoms with E-state index in [1.165, 1.54) is 24.3 Å². The van der Waals surface area contributed by atoms with Crippen molar-refractivity contribution >= 4 is 29.3 Å². The molecule has 2 aromatic rings. The van der Waals surface area contributed by atoms with Crippen molar-refractivity contribution in [2.24, 2.45) is 0 Å². The van der Waals surface area contributed by atoms with E-state index in [0.717, 1.165) is 0 Å². The zero-order valence-corrected chi connectivity index (χ0v) is 16.7. The van der Waals surface area contributed by atoms with E-state index < -0.39 is 22.8 Å². The van der Waals surface area contributed by atoms with Crippen molar-refractivity contribution in [1.82, 2.24) is 5.32 Å². The van der Waals surface area contributed by atoms with Gasteiger partial charge in [0.15, 0.2) is 6.61 Å². The van der Waals surface area contributed by atoms with Crippen molar-refractivity contribution in [2.45, 2.75) is 19.1 Å². The van der Waals surface area contributed by atoms with Crippen molar-refractivity contribution in [3.05, 3.63) is 70.3 Å². The highest BCUT2D eigenvalue weighted by atomic mass is 32.2. The summed E-state index contributed by atoms with van der Waals surface area (Å²) in [5, 5.41) is 13.3. The minimum Gasteiger partial charge on any atom is -0.484 e. The Labute approximate surface area is 172 Å². The van der Waals surface area contributed by atoms with Gasteiger partial charge in [-0.1, -0.05) is 18.2 Å². The maximum Gasteiger partial charge on any atom is 0.329 e. The number of non-ortho nitro benzene ring substituents is 1. The van der Waals surface area contributed by atoms with Gasteiger partial charge in [-0.2, -0.15) is 11.8 Å². The number of esters is 1. The Morgan fingerprint density at radius 2 is 1.83 bits per heavy atom. The Morgan fingerprint density at radius 3 is 2.45 bits per heavy atom. The number of benzene rings is 2. The summed E-state index contributed by atoms with van der Waals surface area (Å²) in [4.78, 5) is 34.8. The van der Waals surface area contributed by atoms with Crippen LogP contribution in [0, 0.1) is 10.1 Å². The van der Waals surface area contributed by atoms with Crippen molar-refractivity contribution in [2.75, 3.05) is 18.6 Å². The normalized spacial score (nSPS) is 11.3. The third-order valence-corrected chi connectivity index (χ3v) is 4.52. The number of ether oxygens (including phenoxy) is 2. The topological polar surface area (TPSA) is 108 Å². The van der Waals surface area contributed by atoms with E-state index in [2.05, 4.69) is 5.32 Å². The second-order valence-corrected chi connectivity index (χ2v) is 7.02. The van der Waals surface area contributed by atoms with E-state index in [1.807, 2.05) is 12.3 Å². The van der Waals surface area contributed by atoms with Gasteiger partial charge in [0, 0.05) is 12.1 Å². The number of hydrogen-bond donors (Lipinski definition) is 1. The number of carbonyl (C=O) groups excluding carboxylic acids is 2. The summed E-state index contributed by atoms with van der Waals surface area (Å²) in [5.74, 6) is 0.235. The molecule has 0 saturated heterocycles. The molecule has 1 atom stereocenters. The van der Waals surface area contributed by atoms with E-state index in [-0.39, 0.29) is 18.9 Å². The molecule has 1 N–H and O–H groups in total. The number of nitro benzene ring substituents is 1. The summed E-state index contributed by atoms with van der Waals surface area (Å²) in [6.07, 6.45) is 2.32. The van der Waals surface area contributed by atoms with E-state index in [4.69, 9.17) is 9.47 Å². The highest BCUT2D eigenvalue weighted by molar-refractivity contribution is 7.98. The molecule has 0 bridgehead atoms. The quantitative estimate of drug-likeness (QED) is 0.339. The van der Waals surface area contributed by atoms with E-state index in [0.29, 0.717) is 23.5 Å². The predicted molar refractivity (Wildman–Crippen MR) is 110 cm³/mol. The van der Waals surface area contributed by atoms with Crippen LogP contribution in [0.4, 0.5) is 5.69 Å². The summed E-state index contributed by atoms with van der Waals surface area (Å²) < 4.78 is 10.7.